The summed E-state index contributed by atoms with van der Waals surface area (Å²) in [6, 6.07) is 3.02. The molecule has 0 saturated carbocycles. The Labute approximate surface area is 124 Å². The molecule has 0 aliphatic rings. The topological polar surface area (TPSA) is 37.2 Å². The fourth-order valence-corrected chi connectivity index (χ4v) is 2.60. The van der Waals surface area contributed by atoms with Crippen LogP contribution in [0, 0.1) is 5.41 Å². The Morgan fingerprint density at radius 2 is 1.90 bits per heavy atom. The van der Waals surface area contributed by atoms with Crippen LogP contribution in [-0.4, -0.2) is 19.1 Å². The molecule has 1 rings (SSSR count). The van der Waals surface area contributed by atoms with Crippen LogP contribution in [0.5, 0.6) is 0 Å². The maximum atomic E-state index is 5.24. The van der Waals surface area contributed by atoms with Gasteiger partial charge in [0.15, 0.2) is 0 Å². The Morgan fingerprint density at radius 3 is 2.40 bits per heavy atom. The molecule has 0 aliphatic carbocycles. The van der Waals surface area contributed by atoms with Crippen LogP contribution >= 0.6 is 0 Å². The van der Waals surface area contributed by atoms with Crippen molar-refractivity contribution in [3.05, 3.63) is 24.2 Å². The van der Waals surface area contributed by atoms with Crippen LogP contribution < -0.4 is 10.6 Å². The first-order valence-electron chi connectivity index (χ1n) is 7.97. The zero-order valence-electron chi connectivity index (χ0n) is 13.8. The molecule has 3 nitrogen and oxygen atoms in total. The van der Waals surface area contributed by atoms with Crippen molar-refractivity contribution in [3.63, 3.8) is 0 Å². The zero-order valence-corrected chi connectivity index (χ0v) is 13.8. The second kappa shape index (κ2) is 8.48. The molecule has 0 fully saturated rings. The SMILES string of the molecule is CCCNC(CCC(NCC)C(C)(C)C)c1ccoc1. The van der Waals surface area contributed by atoms with Crippen molar-refractivity contribution in [1.82, 2.24) is 10.6 Å². The Kier molecular flexibility index (Phi) is 7.31. The summed E-state index contributed by atoms with van der Waals surface area (Å²) in [6.07, 6.45) is 7.09. The van der Waals surface area contributed by atoms with Crippen LogP contribution in [-0.2, 0) is 0 Å². The van der Waals surface area contributed by atoms with Crippen LogP contribution in [0.4, 0.5) is 0 Å². The molecule has 0 aliphatic heterocycles. The summed E-state index contributed by atoms with van der Waals surface area (Å²) in [5.41, 5.74) is 1.56. The molecule has 1 aromatic heterocycles. The lowest BCUT2D eigenvalue weighted by molar-refractivity contribution is 0.245. The molecule has 0 spiro atoms. The molecule has 0 radical (unpaired) electrons. The number of hydrogen-bond donors (Lipinski definition) is 2. The number of nitrogens with one attached hydrogen (secondary N) is 2. The van der Waals surface area contributed by atoms with E-state index in [4.69, 9.17) is 4.42 Å². The summed E-state index contributed by atoms with van der Waals surface area (Å²) < 4.78 is 5.24. The predicted molar refractivity (Wildman–Crippen MR) is 85.9 cm³/mol. The van der Waals surface area contributed by atoms with E-state index in [9.17, 15) is 0 Å². The van der Waals surface area contributed by atoms with Gasteiger partial charge in [0.05, 0.1) is 12.5 Å². The molecule has 0 aromatic carbocycles. The molecule has 2 unspecified atom stereocenters. The van der Waals surface area contributed by atoms with E-state index in [1.807, 2.05) is 6.26 Å². The number of hydrogen-bond acceptors (Lipinski definition) is 3. The first kappa shape index (κ1) is 17.3. The third-order valence-electron chi connectivity index (χ3n) is 3.83. The van der Waals surface area contributed by atoms with E-state index in [0.29, 0.717) is 17.5 Å². The van der Waals surface area contributed by atoms with Gasteiger partial charge in [0.1, 0.15) is 0 Å². The maximum Gasteiger partial charge on any atom is 0.0950 e. The lowest BCUT2D eigenvalue weighted by Crippen LogP contribution is -2.40. The monoisotopic (exact) mass is 280 g/mol. The van der Waals surface area contributed by atoms with E-state index in [2.05, 4.69) is 51.3 Å². The van der Waals surface area contributed by atoms with Crippen molar-refractivity contribution >= 4 is 0 Å². The molecule has 0 saturated heterocycles. The zero-order chi connectivity index (χ0) is 15.0. The van der Waals surface area contributed by atoms with Crippen LogP contribution in [0.2, 0.25) is 0 Å². The van der Waals surface area contributed by atoms with Gasteiger partial charge in [-0.15, -0.1) is 0 Å². The minimum Gasteiger partial charge on any atom is -0.472 e. The minimum atomic E-state index is 0.293. The van der Waals surface area contributed by atoms with E-state index in [-0.39, 0.29) is 0 Å². The summed E-state index contributed by atoms with van der Waals surface area (Å²) in [4.78, 5) is 0. The highest BCUT2D eigenvalue weighted by Crippen LogP contribution is 2.27. The van der Waals surface area contributed by atoms with Crippen LogP contribution in [0.25, 0.3) is 0 Å². The van der Waals surface area contributed by atoms with Gasteiger partial charge in [0, 0.05) is 17.6 Å². The van der Waals surface area contributed by atoms with Crippen LogP contribution in [0.3, 0.4) is 0 Å². The van der Waals surface area contributed by atoms with Gasteiger partial charge in [-0.1, -0.05) is 34.6 Å². The van der Waals surface area contributed by atoms with Crippen molar-refractivity contribution in [2.24, 2.45) is 5.41 Å². The van der Waals surface area contributed by atoms with Crippen molar-refractivity contribution in [3.8, 4) is 0 Å². The maximum absolute atomic E-state index is 5.24. The van der Waals surface area contributed by atoms with Crippen molar-refractivity contribution in [2.75, 3.05) is 13.1 Å². The Bertz CT molecular complexity index is 340. The third kappa shape index (κ3) is 5.68. The lowest BCUT2D eigenvalue weighted by Gasteiger charge is -2.32. The molecule has 0 bridgehead atoms. The summed E-state index contributed by atoms with van der Waals surface area (Å²) in [6.45, 7) is 13.4. The summed E-state index contributed by atoms with van der Waals surface area (Å²) in [5.74, 6) is 0. The summed E-state index contributed by atoms with van der Waals surface area (Å²) in [7, 11) is 0. The van der Waals surface area contributed by atoms with Crippen LogP contribution in [0.1, 0.15) is 65.5 Å². The largest absolute Gasteiger partial charge is 0.472 e. The molecule has 2 N–H and O–H groups in total. The molecule has 2 atom stereocenters. The van der Waals surface area contributed by atoms with Gasteiger partial charge in [-0.3, -0.25) is 0 Å². The Morgan fingerprint density at radius 1 is 1.15 bits per heavy atom. The molecule has 3 heteroatoms. The van der Waals surface area contributed by atoms with Crippen molar-refractivity contribution in [1.29, 1.82) is 0 Å². The van der Waals surface area contributed by atoms with Gasteiger partial charge < -0.3 is 15.1 Å². The smallest absolute Gasteiger partial charge is 0.0950 e. The molecular weight excluding hydrogens is 248 g/mol. The number of rotatable bonds is 9. The fourth-order valence-electron chi connectivity index (χ4n) is 2.60. The van der Waals surface area contributed by atoms with E-state index in [1.165, 1.54) is 12.0 Å². The highest BCUT2D eigenvalue weighted by atomic mass is 16.3. The first-order valence-corrected chi connectivity index (χ1v) is 7.97. The average Bonchev–Trinajstić information content (AvgIpc) is 2.90. The third-order valence-corrected chi connectivity index (χ3v) is 3.83. The Balaban J connectivity index is 2.60. The fraction of sp³-hybridized carbons (Fsp3) is 0.765. The average molecular weight is 280 g/mol. The highest BCUT2D eigenvalue weighted by Gasteiger charge is 2.25. The minimum absolute atomic E-state index is 0.293. The molecule has 20 heavy (non-hydrogen) atoms. The van der Waals surface area contributed by atoms with Gasteiger partial charge in [-0.2, -0.15) is 0 Å². The molecule has 116 valence electrons. The first-order chi connectivity index (χ1) is 9.49. The van der Waals surface area contributed by atoms with Gasteiger partial charge >= 0.3 is 0 Å². The van der Waals surface area contributed by atoms with Crippen molar-refractivity contribution in [2.45, 2.75) is 66.0 Å². The standard InChI is InChI=1S/C17H32N2O/c1-6-11-19-15(14-10-12-20-13-14)8-9-16(18-7-2)17(3,4)5/h10,12-13,15-16,18-19H,6-9,11H2,1-5H3. The van der Waals surface area contributed by atoms with Gasteiger partial charge in [0.25, 0.3) is 0 Å². The normalized spacial score (nSPS) is 15.2. The van der Waals surface area contributed by atoms with Gasteiger partial charge in [0.2, 0.25) is 0 Å². The van der Waals surface area contributed by atoms with Gasteiger partial charge in [-0.25, -0.2) is 0 Å². The molecular formula is C17H32N2O. The highest BCUT2D eigenvalue weighted by molar-refractivity contribution is 5.11. The quantitative estimate of drug-likeness (QED) is 0.714. The second-order valence-corrected chi connectivity index (χ2v) is 6.62. The number of furan rings is 1. The summed E-state index contributed by atoms with van der Waals surface area (Å²) >= 11 is 0. The lowest BCUT2D eigenvalue weighted by atomic mass is 9.83. The predicted octanol–water partition coefficient (Wildman–Crippen LogP) is 4.12. The van der Waals surface area contributed by atoms with E-state index >= 15 is 0 Å². The molecule has 1 aromatic rings. The molecule has 1 heterocycles. The van der Waals surface area contributed by atoms with Crippen molar-refractivity contribution < 1.29 is 4.42 Å². The Hall–Kier alpha value is -0.800. The van der Waals surface area contributed by atoms with E-state index in [0.717, 1.165) is 25.9 Å². The van der Waals surface area contributed by atoms with Crippen LogP contribution in [0.15, 0.2) is 23.0 Å². The van der Waals surface area contributed by atoms with E-state index in [1.54, 1.807) is 6.26 Å². The molecule has 0 amide bonds. The van der Waals surface area contributed by atoms with Gasteiger partial charge in [-0.05, 0) is 43.8 Å². The van der Waals surface area contributed by atoms with E-state index < -0.39 is 0 Å². The second-order valence-electron chi connectivity index (χ2n) is 6.62. The summed E-state index contributed by atoms with van der Waals surface area (Å²) in [5, 5.41) is 7.26.